The molecule has 2 aliphatic heterocycles. The number of nitrogens with zero attached hydrogens (tertiary/aromatic N) is 1. The molecule has 24 heavy (non-hydrogen) atoms. The fraction of sp³-hybridized carbons (Fsp3) is 0.611. The molecule has 2 fully saturated rings. The quantitative estimate of drug-likeness (QED) is 0.865. The van der Waals surface area contributed by atoms with E-state index in [4.69, 9.17) is 14.2 Å². The summed E-state index contributed by atoms with van der Waals surface area (Å²) in [5.41, 5.74) is 0.711. The number of likely N-dealkylation sites (tertiary alicyclic amines) is 1. The number of nitrogens with one attached hydrogen (secondary N) is 1. The Bertz CT molecular complexity index is 546. The Kier molecular flexibility index (Phi) is 6.07. The Labute approximate surface area is 143 Å². The number of amides is 1. The average molecular weight is 334 g/mol. The molecule has 1 atom stereocenters. The summed E-state index contributed by atoms with van der Waals surface area (Å²) >= 11 is 0. The predicted octanol–water partition coefficient (Wildman–Crippen LogP) is 2.25. The Morgan fingerprint density at radius 1 is 1.29 bits per heavy atom. The van der Waals surface area contributed by atoms with Gasteiger partial charge in [0.1, 0.15) is 5.75 Å². The zero-order valence-corrected chi connectivity index (χ0v) is 14.2. The summed E-state index contributed by atoms with van der Waals surface area (Å²) in [5.74, 6) is 0.673. The number of carbonyl (C=O) groups is 1. The van der Waals surface area contributed by atoms with Gasteiger partial charge in [0.15, 0.2) is 6.29 Å². The first kappa shape index (κ1) is 17.2. The van der Waals surface area contributed by atoms with Gasteiger partial charge in [-0.3, -0.25) is 9.69 Å². The lowest BCUT2D eigenvalue weighted by atomic mass is 10.0. The maximum atomic E-state index is 12.3. The van der Waals surface area contributed by atoms with Crippen molar-refractivity contribution >= 4 is 11.6 Å². The molecule has 0 radical (unpaired) electrons. The zero-order valence-electron chi connectivity index (χ0n) is 14.2. The van der Waals surface area contributed by atoms with Crippen LogP contribution in [0.1, 0.15) is 25.7 Å². The average Bonchev–Trinajstić information content (AvgIpc) is 3.15. The second-order valence-electron chi connectivity index (χ2n) is 6.21. The lowest BCUT2D eigenvalue weighted by Gasteiger charge is -2.37. The van der Waals surface area contributed by atoms with E-state index in [1.165, 1.54) is 6.42 Å². The summed E-state index contributed by atoms with van der Waals surface area (Å²) in [6.45, 7) is 3.05. The van der Waals surface area contributed by atoms with E-state index >= 15 is 0 Å². The second-order valence-corrected chi connectivity index (χ2v) is 6.21. The van der Waals surface area contributed by atoms with Crippen LogP contribution in [-0.4, -0.2) is 56.6 Å². The van der Waals surface area contributed by atoms with Gasteiger partial charge < -0.3 is 19.5 Å². The maximum Gasteiger partial charge on any atom is 0.225 e. The summed E-state index contributed by atoms with van der Waals surface area (Å²) in [4.78, 5) is 14.6. The van der Waals surface area contributed by atoms with Crippen LogP contribution in [0.5, 0.6) is 5.75 Å². The summed E-state index contributed by atoms with van der Waals surface area (Å²) in [7, 11) is 1.60. The third-order valence-electron chi connectivity index (χ3n) is 4.63. The van der Waals surface area contributed by atoms with Crippen molar-refractivity contribution in [2.75, 3.05) is 38.7 Å². The number of hydrogen-bond acceptors (Lipinski definition) is 5. The number of para-hydroxylation sites is 2. The third-order valence-corrected chi connectivity index (χ3v) is 4.63. The van der Waals surface area contributed by atoms with Crippen LogP contribution in [0.15, 0.2) is 24.3 Å². The monoisotopic (exact) mass is 334 g/mol. The van der Waals surface area contributed by atoms with E-state index in [1.54, 1.807) is 7.11 Å². The Hall–Kier alpha value is -1.63. The topological polar surface area (TPSA) is 60.0 Å². The summed E-state index contributed by atoms with van der Waals surface area (Å²) < 4.78 is 16.6. The standard InChI is InChI=1S/C18H26N2O4/c1-22-16-8-3-2-6-14(16)19-17(21)9-11-20-10-5-4-7-15(20)18-23-12-13-24-18/h2-3,6,8,15,18H,4-5,7,9-13H2,1H3,(H,19,21). The molecule has 0 aromatic heterocycles. The number of methoxy groups -OCH3 is 1. The van der Waals surface area contributed by atoms with E-state index in [9.17, 15) is 4.79 Å². The van der Waals surface area contributed by atoms with Gasteiger partial charge in [0, 0.05) is 13.0 Å². The van der Waals surface area contributed by atoms with Gasteiger partial charge in [-0.25, -0.2) is 0 Å². The molecule has 0 saturated carbocycles. The second kappa shape index (κ2) is 8.46. The Balaban J connectivity index is 1.52. The van der Waals surface area contributed by atoms with Crippen LogP contribution < -0.4 is 10.1 Å². The highest BCUT2D eigenvalue weighted by atomic mass is 16.7. The predicted molar refractivity (Wildman–Crippen MR) is 91.1 cm³/mol. The van der Waals surface area contributed by atoms with Crippen molar-refractivity contribution in [1.82, 2.24) is 4.90 Å². The number of rotatable bonds is 6. The van der Waals surface area contributed by atoms with E-state index in [0.717, 1.165) is 25.9 Å². The molecule has 0 aliphatic carbocycles. The van der Waals surface area contributed by atoms with Gasteiger partial charge in [-0.05, 0) is 31.5 Å². The fourth-order valence-electron chi connectivity index (χ4n) is 3.41. The molecule has 1 N–H and O–H groups in total. The van der Waals surface area contributed by atoms with Crippen molar-refractivity contribution in [2.45, 2.75) is 38.0 Å². The first-order valence-electron chi connectivity index (χ1n) is 8.68. The first-order chi connectivity index (χ1) is 11.8. The van der Waals surface area contributed by atoms with Gasteiger partial charge in [-0.1, -0.05) is 18.6 Å². The molecule has 2 saturated heterocycles. The van der Waals surface area contributed by atoms with E-state index in [0.29, 0.717) is 31.1 Å². The van der Waals surface area contributed by atoms with E-state index in [1.807, 2.05) is 24.3 Å². The molecule has 6 heteroatoms. The summed E-state index contributed by atoms with van der Waals surface area (Å²) in [5, 5.41) is 2.93. The van der Waals surface area contributed by atoms with E-state index in [-0.39, 0.29) is 18.2 Å². The summed E-state index contributed by atoms with van der Waals surface area (Å²) in [6.07, 6.45) is 3.73. The van der Waals surface area contributed by atoms with Crippen LogP contribution >= 0.6 is 0 Å². The minimum absolute atomic E-state index is 0.00270. The van der Waals surface area contributed by atoms with Gasteiger partial charge in [0.25, 0.3) is 0 Å². The molecular weight excluding hydrogens is 308 g/mol. The molecule has 0 bridgehead atoms. The molecule has 0 spiro atoms. The maximum absolute atomic E-state index is 12.3. The molecule has 2 heterocycles. The fourth-order valence-corrected chi connectivity index (χ4v) is 3.41. The highest BCUT2D eigenvalue weighted by Gasteiger charge is 2.33. The molecule has 3 rings (SSSR count). The zero-order chi connectivity index (χ0) is 16.8. The number of carbonyl (C=O) groups excluding carboxylic acids is 1. The Morgan fingerprint density at radius 2 is 2.08 bits per heavy atom. The van der Waals surface area contributed by atoms with Gasteiger partial charge >= 0.3 is 0 Å². The van der Waals surface area contributed by atoms with Crippen LogP contribution in [-0.2, 0) is 14.3 Å². The largest absolute Gasteiger partial charge is 0.495 e. The van der Waals surface area contributed by atoms with Crippen LogP contribution in [0.3, 0.4) is 0 Å². The highest BCUT2D eigenvalue weighted by Crippen LogP contribution is 2.25. The molecule has 132 valence electrons. The van der Waals surface area contributed by atoms with Crippen LogP contribution in [0.2, 0.25) is 0 Å². The van der Waals surface area contributed by atoms with Crippen molar-refractivity contribution < 1.29 is 19.0 Å². The molecule has 1 aromatic rings. The van der Waals surface area contributed by atoms with Gasteiger partial charge in [-0.2, -0.15) is 0 Å². The van der Waals surface area contributed by atoms with Crippen molar-refractivity contribution in [3.8, 4) is 5.75 Å². The number of anilines is 1. The molecule has 1 aromatic carbocycles. The van der Waals surface area contributed by atoms with Crippen LogP contribution in [0.25, 0.3) is 0 Å². The molecular formula is C18H26N2O4. The van der Waals surface area contributed by atoms with Crippen molar-refractivity contribution in [1.29, 1.82) is 0 Å². The highest BCUT2D eigenvalue weighted by molar-refractivity contribution is 5.92. The number of hydrogen-bond donors (Lipinski definition) is 1. The van der Waals surface area contributed by atoms with Gasteiger partial charge in [0.05, 0.1) is 32.1 Å². The molecule has 1 unspecified atom stereocenters. The third kappa shape index (κ3) is 4.26. The SMILES string of the molecule is COc1ccccc1NC(=O)CCN1CCCCC1C1OCCO1. The summed E-state index contributed by atoms with van der Waals surface area (Å²) in [6, 6.07) is 7.72. The smallest absolute Gasteiger partial charge is 0.225 e. The van der Waals surface area contributed by atoms with Crippen LogP contribution in [0.4, 0.5) is 5.69 Å². The van der Waals surface area contributed by atoms with Crippen LogP contribution in [0, 0.1) is 0 Å². The number of piperidine rings is 1. The lowest BCUT2D eigenvalue weighted by Crippen LogP contribution is -2.48. The minimum Gasteiger partial charge on any atom is -0.495 e. The Morgan fingerprint density at radius 3 is 2.88 bits per heavy atom. The van der Waals surface area contributed by atoms with Gasteiger partial charge in [0.2, 0.25) is 5.91 Å². The van der Waals surface area contributed by atoms with E-state index in [2.05, 4.69) is 10.2 Å². The number of ether oxygens (including phenoxy) is 3. The number of benzene rings is 1. The minimum atomic E-state index is -0.137. The van der Waals surface area contributed by atoms with Crippen molar-refractivity contribution in [3.05, 3.63) is 24.3 Å². The lowest BCUT2D eigenvalue weighted by molar-refractivity contribution is -0.120. The van der Waals surface area contributed by atoms with Crippen molar-refractivity contribution in [3.63, 3.8) is 0 Å². The molecule has 2 aliphatic rings. The molecule has 6 nitrogen and oxygen atoms in total. The van der Waals surface area contributed by atoms with Crippen molar-refractivity contribution in [2.24, 2.45) is 0 Å². The normalized spacial score (nSPS) is 22.5. The van der Waals surface area contributed by atoms with Gasteiger partial charge in [-0.15, -0.1) is 0 Å². The molecule has 1 amide bonds. The van der Waals surface area contributed by atoms with E-state index < -0.39 is 0 Å². The first-order valence-corrected chi connectivity index (χ1v) is 8.68.